The molecule has 0 bridgehead atoms. The van der Waals surface area contributed by atoms with Gasteiger partial charge in [0.05, 0.1) is 0 Å². The lowest BCUT2D eigenvalue weighted by Crippen LogP contribution is -2.46. The standard InChI is InChI=1S/C23H27N3O/c1-18-4-2-6-21(16-18)26-14-12-25(13-15-26)11-3-5-19-7-9-22-20(17-19)8-10-23(27)24-22/h2-7,9,16-17H,8,10-15H2,1H3,(H,24,27)/b5-3+. The van der Waals surface area contributed by atoms with Crippen LogP contribution < -0.4 is 10.2 Å². The maximum Gasteiger partial charge on any atom is 0.224 e. The Labute approximate surface area is 161 Å². The summed E-state index contributed by atoms with van der Waals surface area (Å²) in [5.41, 5.74) is 6.08. The first-order valence-electron chi connectivity index (χ1n) is 9.81. The number of rotatable bonds is 4. The number of hydrogen-bond donors (Lipinski definition) is 1. The van der Waals surface area contributed by atoms with E-state index in [0.717, 1.165) is 44.8 Å². The van der Waals surface area contributed by atoms with Crippen molar-refractivity contribution in [3.05, 3.63) is 65.2 Å². The van der Waals surface area contributed by atoms with Crippen LogP contribution in [-0.2, 0) is 11.2 Å². The molecule has 2 aliphatic rings. The number of fused-ring (bicyclic) bond motifs is 1. The van der Waals surface area contributed by atoms with E-state index in [1.165, 1.54) is 22.4 Å². The van der Waals surface area contributed by atoms with Crippen molar-refractivity contribution in [2.24, 2.45) is 0 Å². The summed E-state index contributed by atoms with van der Waals surface area (Å²) < 4.78 is 0. The lowest BCUT2D eigenvalue weighted by molar-refractivity contribution is -0.116. The molecular weight excluding hydrogens is 334 g/mol. The van der Waals surface area contributed by atoms with Crippen molar-refractivity contribution in [3.8, 4) is 0 Å². The van der Waals surface area contributed by atoms with Gasteiger partial charge in [0.25, 0.3) is 0 Å². The Balaban J connectivity index is 1.29. The molecule has 0 aromatic heterocycles. The molecule has 1 saturated heterocycles. The first-order chi connectivity index (χ1) is 13.2. The Morgan fingerprint density at radius 2 is 1.89 bits per heavy atom. The molecule has 1 N–H and O–H groups in total. The number of piperazine rings is 1. The Hall–Kier alpha value is -2.59. The first kappa shape index (κ1) is 17.8. The SMILES string of the molecule is Cc1cccc(N2CCN(C/C=C/c3ccc4c(c3)CCC(=O)N4)CC2)c1. The second-order valence-corrected chi connectivity index (χ2v) is 7.49. The number of hydrogen-bond acceptors (Lipinski definition) is 3. The van der Waals surface area contributed by atoms with Gasteiger partial charge in [0.15, 0.2) is 0 Å². The largest absolute Gasteiger partial charge is 0.369 e. The maximum atomic E-state index is 11.5. The quantitative estimate of drug-likeness (QED) is 0.902. The predicted molar refractivity (Wildman–Crippen MR) is 112 cm³/mol. The topological polar surface area (TPSA) is 35.6 Å². The number of nitrogens with one attached hydrogen (secondary N) is 1. The maximum absolute atomic E-state index is 11.5. The molecule has 0 aliphatic carbocycles. The molecular formula is C23H27N3O. The van der Waals surface area contributed by atoms with Gasteiger partial charge in [0.1, 0.15) is 0 Å². The summed E-state index contributed by atoms with van der Waals surface area (Å²) in [6, 6.07) is 15.1. The summed E-state index contributed by atoms with van der Waals surface area (Å²) in [4.78, 5) is 16.4. The predicted octanol–water partition coefficient (Wildman–Crippen LogP) is 3.72. The lowest BCUT2D eigenvalue weighted by Gasteiger charge is -2.35. The number of carbonyl (C=O) groups is 1. The van der Waals surface area contributed by atoms with E-state index in [4.69, 9.17) is 0 Å². The van der Waals surface area contributed by atoms with Gasteiger partial charge in [0.2, 0.25) is 5.91 Å². The molecule has 2 heterocycles. The van der Waals surface area contributed by atoms with Gasteiger partial charge < -0.3 is 10.2 Å². The molecule has 0 spiro atoms. The number of aryl methyl sites for hydroxylation is 2. The average Bonchev–Trinajstić information content (AvgIpc) is 2.68. The summed E-state index contributed by atoms with van der Waals surface area (Å²) in [7, 11) is 0. The second kappa shape index (κ2) is 7.97. The van der Waals surface area contributed by atoms with Gasteiger partial charge >= 0.3 is 0 Å². The Morgan fingerprint density at radius 1 is 1.04 bits per heavy atom. The van der Waals surface area contributed by atoms with Crippen LogP contribution >= 0.6 is 0 Å². The molecule has 4 heteroatoms. The van der Waals surface area contributed by atoms with Crippen LogP contribution in [0.3, 0.4) is 0 Å². The minimum absolute atomic E-state index is 0.121. The smallest absolute Gasteiger partial charge is 0.224 e. The summed E-state index contributed by atoms with van der Waals surface area (Å²) in [5.74, 6) is 0.121. The van der Waals surface area contributed by atoms with Crippen LogP contribution in [0.1, 0.15) is 23.1 Å². The molecule has 27 heavy (non-hydrogen) atoms. The van der Waals surface area contributed by atoms with Crippen molar-refractivity contribution in [2.45, 2.75) is 19.8 Å². The minimum Gasteiger partial charge on any atom is -0.369 e. The van der Waals surface area contributed by atoms with Crippen molar-refractivity contribution in [3.63, 3.8) is 0 Å². The van der Waals surface area contributed by atoms with Crippen molar-refractivity contribution in [1.29, 1.82) is 0 Å². The molecule has 0 saturated carbocycles. The number of benzene rings is 2. The fourth-order valence-electron chi connectivity index (χ4n) is 3.86. The summed E-state index contributed by atoms with van der Waals surface area (Å²) >= 11 is 0. The van der Waals surface area contributed by atoms with Gasteiger partial charge in [-0.2, -0.15) is 0 Å². The highest BCUT2D eigenvalue weighted by Crippen LogP contribution is 2.24. The Morgan fingerprint density at radius 3 is 2.70 bits per heavy atom. The van der Waals surface area contributed by atoms with E-state index >= 15 is 0 Å². The van der Waals surface area contributed by atoms with Crippen molar-refractivity contribution >= 4 is 23.4 Å². The van der Waals surface area contributed by atoms with Crippen LogP contribution in [0.5, 0.6) is 0 Å². The van der Waals surface area contributed by atoms with E-state index in [1.54, 1.807) is 0 Å². The zero-order chi connectivity index (χ0) is 18.6. The van der Waals surface area contributed by atoms with Crippen molar-refractivity contribution in [1.82, 2.24) is 4.90 Å². The van der Waals surface area contributed by atoms with E-state index in [1.807, 2.05) is 6.07 Å². The molecule has 2 aromatic carbocycles. The van der Waals surface area contributed by atoms with Crippen LogP contribution in [0.25, 0.3) is 6.08 Å². The molecule has 0 radical (unpaired) electrons. The number of nitrogens with zero attached hydrogens (tertiary/aromatic N) is 2. The van der Waals surface area contributed by atoms with E-state index in [0.29, 0.717) is 6.42 Å². The van der Waals surface area contributed by atoms with Crippen LogP contribution in [0.4, 0.5) is 11.4 Å². The second-order valence-electron chi connectivity index (χ2n) is 7.49. The van der Waals surface area contributed by atoms with Crippen LogP contribution in [0, 0.1) is 6.92 Å². The summed E-state index contributed by atoms with van der Waals surface area (Å²) in [6.07, 6.45) is 5.88. The van der Waals surface area contributed by atoms with Crippen LogP contribution in [0.2, 0.25) is 0 Å². The zero-order valence-corrected chi connectivity index (χ0v) is 15.9. The van der Waals surface area contributed by atoms with Gasteiger partial charge in [0, 0.05) is 50.5 Å². The lowest BCUT2D eigenvalue weighted by atomic mass is 10.0. The number of carbonyl (C=O) groups excluding carboxylic acids is 1. The third-order valence-corrected chi connectivity index (χ3v) is 5.44. The van der Waals surface area contributed by atoms with E-state index in [2.05, 4.69) is 70.6 Å². The van der Waals surface area contributed by atoms with Gasteiger partial charge in [-0.05, 0) is 54.3 Å². The molecule has 4 rings (SSSR count). The zero-order valence-electron chi connectivity index (χ0n) is 15.9. The third kappa shape index (κ3) is 4.40. The van der Waals surface area contributed by atoms with Crippen molar-refractivity contribution < 1.29 is 4.79 Å². The number of amides is 1. The fraction of sp³-hybridized carbons (Fsp3) is 0.348. The molecule has 2 aromatic rings. The van der Waals surface area contributed by atoms with Gasteiger partial charge in [-0.3, -0.25) is 9.69 Å². The molecule has 1 amide bonds. The Bertz CT molecular complexity index is 850. The van der Waals surface area contributed by atoms with E-state index in [-0.39, 0.29) is 5.91 Å². The normalized spacial score (nSPS) is 17.8. The average molecular weight is 361 g/mol. The summed E-state index contributed by atoms with van der Waals surface area (Å²) in [6.45, 7) is 7.48. The van der Waals surface area contributed by atoms with Crippen molar-refractivity contribution in [2.75, 3.05) is 42.9 Å². The molecule has 2 aliphatic heterocycles. The molecule has 0 atom stereocenters. The monoisotopic (exact) mass is 361 g/mol. The van der Waals surface area contributed by atoms with Crippen LogP contribution in [0.15, 0.2) is 48.5 Å². The van der Waals surface area contributed by atoms with E-state index in [9.17, 15) is 4.79 Å². The molecule has 140 valence electrons. The minimum atomic E-state index is 0.121. The highest BCUT2D eigenvalue weighted by molar-refractivity contribution is 5.94. The first-order valence-corrected chi connectivity index (χ1v) is 9.81. The van der Waals surface area contributed by atoms with Gasteiger partial charge in [-0.25, -0.2) is 0 Å². The molecule has 0 unspecified atom stereocenters. The molecule has 1 fully saturated rings. The van der Waals surface area contributed by atoms with Crippen LogP contribution in [-0.4, -0.2) is 43.5 Å². The fourth-order valence-corrected chi connectivity index (χ4v) is 3.86. The highest BCUT2D eigenvalue weighted by atomic mass is 16.1. The third-order valence-electron chi connectivity index (χ3n) is 5.44. The summed E-state index contributed by atoms with van der Waals surface area (Å²) in [5, 5.41) is 2.94. The van der Waals surface area contributed by atoms with E-state index < -0.39 is 0 Å². The van der Waals surface area contributed by atoms with Gasteiger partial charge in [-0.1, -0.05) is 30.4 Å². The Kier molecular flexibility index (Phi) is 5.26. The highest BCUT2D eigenvalue weighted by Gasteiger charge is 2.16. The molecule has 4 nitrogen and oxygen atoms in total. The number of anilines is 2. The van der Waals surface area contributed by atoms with Gasteiger partial charge in [-0.15, -0.1) is 0 Å².